The van der Waals surface area contributed by atoms with Crippen LogP contribution < -0.4 is 5.73 Å². The summed E-state index contributed by atoms with van der Waals surface area (Å²) in [7, 11) is 0. The number of hydrogen-bond acceptors (Lipinski definition) is 5. The number of halogens is 6. The highest BCUT2D eigenvalue weighted by Gasteiger charge is 2.38. The van der Waals surface area contributed by atoms with Crippen molar-refractivity contribution in [1.29, 1.82) is 0 Å². The number of nitrogens with zero attached hydrogens (tertiary/aromatic N) is 3. The molecule has 4 rings (SSSR count). The number of rotatable bonds is 5. The van der Waals surface area contributed by atoms with Gasteiger partial charge in [-0.2, -0.15) is 31.4 Å². The Hall–Kier alpha value is -3.81. The highest BCUT2D eigenvalue weighted by atomic mass is 32.2. The van der Waals surface area contributed by atoms with Gasteiger partial charge >= 0.3 is 12.4 Å². The van der Waals surface area contributed by atoms with E-state index >= 15 is 0 Å². The van der Waals surface area contributed by atoms with Crippen LogP contribution in [0.15, 0.2) is 47.5 Å². The van der Waals surface area contributed by atoms with Crippen LogP contribution in [0.25, 0.3) is 17.0 Å². The normalized spacial score (nSPS) is 15.9. The quantitative estimate of drug-likeness (QED) is 0.384. The molecule has 0 radical (unpaired) electrons. The maximum Gasteiger partial charge on any atom is 0.416 e. The first-order valence-electron chi connectivity index (χ1n) is 10.0. The van der Waals surface area contributed by atoms with Crippen molar-refractivity contribution in [1.82, 2.24) is 14.7 Å². The minimum absolute atomic E-state index is 0.0487. The number of benzene rings is 2. The number of imide groups is 1. The molecular weight excluding hydrogens is 514 g/mol. The van der Waals surface area contributed by atoms with Gasteiger partial charge in [0.1, 0.15) is 6.54 Å². The molecule has 0 spiro atoms. The molecule has 36 heavy (non-hydrogen) atoms. The Morgan fingerprint density at radius 1 is 1.03 bits per heavy atom. The van der Waals surface area contributed by atoms with Crippen LogP contribution >= 0.6 is 11.8 Å². The van der Waals surface area contributed by atoms with Gasteiger partial charge in [0.05, 0.1) is 34.3 Å². The zero-order valence-corrected chi connectivity index (χ0v) is 18.7. The molecule has 0 atom stereocenters. The van der Waals surface area contributed by atoms with Crippen molar-refractivity contribution < 1.29 is 40.7 Å². The predicted octanol–water partition coefficient (Wildman–Crippen LogP) is 4.64. The van der Waals surface area contributed by atoms with E-state index in [-0.39, 0.29) is 11.0 Å². The van der Waals surface area contributed by atoms with E-state index in [4.69, 9.17) is 5.73 Å². The zero-order valence-electron chi connectivity index (χ0n) is 17.9. The van der Waals surface area contributed by atoms with Gasteiger partial charge in [0.2, 0.25) is 5.91 Å². The van der Waals surface area contributed by atoms with Gasteiger partial charge in [-0.1, -0.05) is 12.1 Å². The maximum atomic E-state index is 13.5. The smallest absolute Gasteiger partial charge is 0.368 e. The molecule has 0 bridgehead atoms. The SMILES string of the molecule is NC(=O)CN1C(=O)S/C(=C\c2ccc3c(cnn3Cc3ccc(C(F)(F)F)cc3C(F)(F)F)c2)C1=O. The second-order valence-corrected chi connectivity index (χ2v) is 8.72. The van der Waals surface area contributed by atoms with Crippen LogP contribution in [0.2, 0.25) is 0 Å². The molecular formula is C22H14F6N4O3S. The molecule has 2 aromatic carbocycles. The first kappa shape index (κ1) is 25.3. The molecule has 188 valence electrons. The molecule has 2 N–H and O–H groups in total. The number of nitrogens with two attached hydrogens (primary N) is 1. The lowest BCUT2D eigenvalue weighted by molar-refractivity contribution is -0.143. The molecule has 3 aromatic rings. The molecule has 0 unspecified atom stereocenters. The van der Waals surface area contributed by atoms with Gasteiger partial charge in [-0.25, -0.2) is 0 Å². The number of carbonyl (C=O) groups excluding carboxylic acids is 3. The lowest BCUT2D eigenvalue weighted by Gasteiger charge is -2.16. The second kappa shape index (κ2) is 9.00. The van der Waals surface area contributed by atoms with Crippen LogP contribution in [0.1, 0.15) is 22.3 Å². The van der Waals surface area contributed by atoms with Gasteiger partial charge in [-0.15, -0.1) is 0 Å². The summed E-state index contributed by atoms with van der Waals surface area (Å²) in [6.45, 7) is -1.00. The Kier molecular flexibility index (Phi) is 6.32. The number of carbonyl (C=O) groups is 3. The van der Waals surface area contributed by atoms with Crippen LogP contribution in [-0.4, -0.2) is 38.3 Å². The van der Waals surface area contributed by atoms with Crippen molar-refractivity contribution in [3.05, 3.63) is 69.8 Å². The lowest BCUT2D eigenvalue weighted by Crippen LogP contribution is -2.36. The molecule has 1 aromatic heterocycles. The van der Waals surface area contributed by atoms with Crippen LogP contribution in [0.4, 0.5) is 31.1 Å². The van der Waals surface area contributed by atoms with E-state index in [2.05, 4.69) is 5.10 Å². The molecule has 14 heteroatoms. The fraction of sp³-hybridized carbons (Fsp3) is 0.182. The van der Waals surface area contributed by atoms with Crippen molar-refractivity contribution in [3.63, 3.8) is 0 Å². The molecule has 1 aliphatic rings. The maximum absolute atomic E-state index is 13.5. The zero-order chi connectivity index (χ0) is 26.4. The molecule has 7 nitrogen and oxygen atoms in total. The largest absolute Gasteiger partial charge is 0.416 e. The summed E-state index contributed by atoms with van der Waals surface area (Å²) in [6, 6.07) is 6.04. The van der Waals surface area contributed by atoms with Crippen molar-refractivity contribution in [2.45, 2.75) is 18.9 Å². The minimum Gasteiger partial charge on any atom is -0.368 e. The number of aromatic nitrogens is 2. The fourth-order valence-electron chi connectivity index (χ4n) is 3.58. The van der Waals surface area contributed by atoms with Gasteiger partial charge in [0.15, 0.2) is 0 Å². The van der Waals surface area contributed by atoms with E-state index in [1.54, 1.807) is 6.07 Å². The molecule has 2 heterocycles. The van der Waals surface area contributed by atoms with Gasteiger partial charge in [-0.3, -0.25) is 24.0 Å². The number of hydrogen-bond donors (Lipinski definition) is 1. The van der Waals surface area contributed by atoms with Crippen molar-refractivity contribution in [2.24, 2.45) is 5.73 Å². The summed E-state index contributed by atoms with van der Waals surface area (Å²) in [6.07, 6.45) is -7.18. The van der Waals surface area contributed by atoms with Gasteiger partial charge in [0, 0.05) is 5.39 Å². The Labute approximate surface area is 202 Å². The molecule has 1 saturated heterocycles. The van der Waals surface area contributed by atoms with E-state index in [0.717, 1.165) is 6.07 Å². The summed E-state index contributed by atoms with van der Waals surface area (Å²) in [4.78, 5) is 36.1. The number of thioether (sulfide) groups is 1. The average molecular weight is 528 g/mol. The molecule has 1 aliphatic heterocycles. The van der Waals surface area contributed by atoms with E-state index in [9.17, 15) is 40.7 Å². The average Bonchev–Trinajstić information content (AvgIpc) is 3.27. The van der Waals surface area contributed by atoms with Crippen molar-refractivity contribution in [2.75, 3.05) is 6.54 Å². The molecule has 0 aliphatic carbocycles. The minimum atomic E-state index is -5.01. The fourth-order valence-corrected chi connectivity index (χ4v) is 4.42. The third-order valence-corrected chi connectivity index (χ3v) is 6.12. The second-order valence-electron chi connectivity index (χ2n) is 7.72. The van der Waals surface area contributed by atoms with Gasteiger partial charge in [0.25, 0.3) is 11.1 Å². The van der Waals surface area contributed by atoms with Crippen LogP contribution in [0, 0.1) is 0 Å². The Morgan fingerprint density at radius 2 is 1.75 bits per heavy atom. The van der Waals surface area contributed by atoms with Crippen molar-refractivity contribution >= 4 is 45.8 Å². The predicted molar refractivity (Wildman–Crippen MR) is 117 cm³/mol. The van der Waals surface area contributed by atoms with E-state index in [1.807, 2.05) is 0 Å². The Bertz CT molecular complexity index is 1430. The first-order chi connectivity index (χ1) is 16.7. The summed E-state index contributed by atoms with van der Waals surface area (Å²) >= 11 is 0.621. The van der Waals surface area contributed by atoms with Crippen LogP contribution in [0.3, 0.4) is 0 Å². The summed E-state index contributed by atoms with van der Waals surface area (Å²) in [5.41, 5.74) is 2.68. The Morgan fingerprint density at radius 3 is 2.39 bits per heavy atom. The van der Waals surface area contributed by atoms with Gasteiger partial charge < -0.3 is 5.73 Å². The highest BCUT2D eigenvalue weighted by molar-refractivity contribution is 8.18. The molecule has 1 fully saturated rings. The lowest BCUT2D eigenvalue weighted by atomic mass is 10.0. The van der Waals surface area contributed by atoms with E-state index < -0.39 is 59.2 Å². The third-order valence-electron chi connectivity index (χ3n) is 5.21. The summed E-state index contributed by atoms with van der Waals surface area (Å²) in [5.74, 6) is -1.55. The monoisotopic (exact) mass is 528 g/mol. The standard InChI is InChI=1S/C22H14F6N4O3S/c23-21(24,25)14-3-2-12(15(7-14)22(26,27)28)9-32-16-4-1-11(5-13(16)8-30-32)6-17-19(34)31(10-18(29)33)20(35)36-17/h1-8H,9-10H2,(H2,29,33)/b17-6-. The summed E-state index contributed by atoms with van der Waals surface area (Å²) in [5, 5.41) is 3.87. The Balaban J connectivity index is 1.63. The van der Waals surface area contributed by atoms with Gasteiger partial charge in [-0.05, 0) is 53.2 Å². The topological polar surface area (TPSA) is 98.3 Å². The van der Waals surface area contributed by atoms with E-state index in [0.29, 0.717) is 39.2 Å². The first-order valence-corrected chi connectivity index (χ1v) is 10.8. The molecule has 3 amide bonds. The molecule has 0 saturated carbocycles. The van der Waals surface area contributed by atoms with Crippen molar-refractivity contribution in [3.8, 4) is 0 Å². The number of amides is 3. The summed E-state index contributed by atoms with van der Waals surface area (Å²) < 4.78 is 80.4. The number of alkyl halides is 6. The van der Waals surface area contributed by atoms with Crippen LogP contribution in [-0.2, 0) is 28.5 Å². The number of fused-ring (bicyclic) bond motifs is 1. The van der Waals surface area contributed by atoms with E-state index in [1.165, 1.54) is 29.1 Å². The van der Waals surface area contributed by atoms with Crippen LogP contribution in [0.5, 0.6) is 0 Å². The highest BCUT2D eigenvalue weighted by Crippen LogP contribution is 2.38. The third kappa shape index (κ3) is 5.08. The number of primary amides is 1.